The smallest absolute Gasteiger partial charge is 0.159 e. The fourth-order valence-corrected chi connectivity index (χ4v) is 1.90. The Morgan fingerprint density at radius 3 is 2.67 bits per heavy atom. The first-order valence-electron chi connectivity index (χ1n) is 5.64. The molecule has 0 N–H and O–H groups in total. The molecular formula is C13H13ClN4. The minimum absolute atomic E-state index is 0.258. The van der Waals surface area contributed by atoms with Gasteiger partial charge in [0.05, 0.1) is 11.2 Å². The highest BCUT2D eigenvalue weighted by molar-refractivity contribution is 6.32. The van der Waals surface area contributed by atoms with Crippen LogP contribution in [-0.4, -0.2) is 14.8 Å². The van der Waals surface area contributed by atoms with Crippen LogP contribution in [0.25, 0.3) is 11.1 Å². The Balaban J connectivity index is 2.51. The van der Waals surface area contributed by atoms with Gasteiger partial charge in [-0.3, -0.25) is 4.68 Å². The van der Waals surface area contributed by atoms with E-state index in [2.05, 4.69) is 23.9 Å². The fraction of sp³-hybridized carbons (Fsp3) is 0.308. The van der Waals surface area contributed by atoms with Crippen LogP contribution >= 0.6 is 11.6 Å². The van der Waals surface area contributed by atoms with Crippen molar-refractivity contribution in [3.05, 3.63) is 34.9 Å². The Bertz CT molecular complexity index is 622. The minimum Gasteiger partial charge on any atom is -0.270 e. The van der Waals surface area contributed by atoms with E-state index < -0.39 is 0 Å². The third-order valence-corrected chi connectivity index (χ3v) is 3.27. The molecule has 0 aromatic carbocycles. The van der Waals surface area contributed by atoms with E-state index in [-0.39, 0.29) is 5.69 Å². The predicted octanol–water partition coefficient (Wildman–Crippen LogP) is 3.36. The van der Waals surface area contributed by atoms with E-state index in [1.165, 1.54) is 0 Å². The minimum atomic E-state index is 0.258. The van der Waals surface area contributed by atoms with Crippen LogP contribution in [0.15, 0.2) is 18.6 Å². The van der Waals surface area contributed by atoms with Crippen molar-refractivity contribution in [1.29, 1.82) is 5.26 Å². The molecule has 0 aliphatic carbocycles. The molecule has 0 fully saturated rings. The van der Waals surface area contributed by atoms with Crippen molar-refractivity contribution < 1.29 is 0 Å². The summed E-state index contributed by atoms with van der Waals surface area (Å²) in [6.07, 6.45) is 5.41. The first-order chi connectivity index (χ1) is 8.54. The van der Waals surface area contributed by atoms with Crippen LogP contribution < -0.4 is 0 Å². The van der Waals surface area contributed by atoms with E-state index in [4.69, 9.17) is 16.9 Å². The van der Waals surface area contributed by atoms with Gasteiger partial charge in [0.15, 0.2) is 5.69 Å². The van der Waals surface area contributed by atoms with Crippen LogP contribution in [-0.2, 0) is 0 Å². The fourth-order valence-electron chi connectivity index (χ4n) is 1.71. The normalized spacial score (nSPS) is 10.7. The van der Waals surface area contributed by atoms with Crippen LogP contribution in [0.1, 0.15) is 31.1 Å². The lowest BCUT2D eigenvalue weighted by Crippen LogP contribution is -1.99. The summed E-state index contributed by atoms with van der Waals surface area (Å²) < 4.78 is 1.88. The van der Waals surface area contributed by atoms with Crippen LogP contribution in [0.2, 0.25) is 5.02 Å². The largest absolute Gasteiger partial charge is 0.270 e. The summed E-state index contributed by atoms with van der Waals surface area (Å²) >= 11 is 6.11. The molecule has 2 aromatic rings. The first kappa shape index (κ1) is 12.6. The Labute approximate surface area is 111 Å². The molecule has 92 valence electrons. The highest BCUT2D eigenvalue weighted by Gasteiger charge is 2.12. The molecule has 0 radical (unpaired) electrons. The van der Waals surface area contributed by atoms with E-state index in [0.29, 0.717) is 11.1 Å². The topological polar surface area (TPSA) is 54.5 Å². The third-order valence-electron chi connectivity index (χ3n) is 2.81. The van der Waals surface area contributed by atoms with Crippen molar-refractivity contribution in [2.24, 2.45) is 0 Å². The summed E-state index contributed by atoms with van der Waals surface area (Å²) in [6.45, 7) is 6.01. The van der Waals surface area contributed by atoms with Gasteiger partial charge in [0.1, 0.15) is 6.07 Å². The van der Waals surface area contributed by atoms with Gasteiger partial charge in [-0.25, -0.2) is 4.98 Å². The van der Waals surface area contributed by atoms with Gasteiger partial charge in [-0.1, -0.05) is 11.6 Å². The number of pyridine rings is 1. The van der Waals surface area contributed by atoms with E-state index in [9.17, 15) is 0 Å². The SMILES string of the molecule is Cc1c(-c2cnn(C(C)C)c2)cnc(C#N)c1Cl. The number of halogens is 1. The van der Waals surface area contributed by atoms with Crippen LogP contribution in [0.4, 0.5) is 0 Å². The number of nitriles is 1. The molecular weight excluding hydrogens is 248 g/mol. The molecule has 0 unspecified atom stereocenters. The molecule has 0 amide bonds. The van der Waals surface area contributed by atoms with Crippen molar-refractivity contribution in [2.45, 2.75) is 26.8 Å². The van der Waals surface area contributed by atoms with E-state index >= 15 is 0 Å². The quantitative estimate of drug-likeness (QED) is 0.832. The highest BCUT2D eigenvalue weighted by Crippen LogP contribution is 2.29. The molecule has 0 saturated carbocycles. The molecule has 0 aliphatic heterocycles. The Morgan fingerprint density at radius 2 is 2.11 bits per heavy atom. The lowest BCUT2D eigenvalue weighted by molar-refractivity contribution is 0.532. The average molecular weight is 261 g/mol. The second-order valence-electron chi connectivity index (χ2n) is 4.37. The molecule has 0 spiro atoms. The predicted molar refractivity (Wildman–Crippen MR) is 70.3 cm³/mol. The molecule has 2 aromatic heterocycles. The van der Waals surface area contributed by atoms with Crippen molar-refractivity contribution in [3.8, 4) is 17.2 Å². The molecule has 5 heteroatoms. The maximum atomic E-state index is 8.87. The van der Waals surface area contributed by atoms with Gasteiger partial charge < -0.3 is 0 Å². The van der Waals surface area contributed by atoms with Gasteiger partial charge in [-0.05, 0) is 26.3 Å². The molecule has 0 bridgehead atoms. The van der Waals surface area contributed by atoms with E-state index in [1.807, 2.05) is 23.9 Å². The Kier molecular flexibility index (Phi) is 3.35. The van der Waals surface area contributed by atoms with Gasteiger partial charge in [0.25, 0.3) is 0 Å². The number of aromatic nitrogens is 3. The van der Waals surface area contributed by atoms with Gasteiger partial charge in [0, 0.05) is 29.6 Å². The summed E-state index contributed by atoms with van der Waals surface area (Å²) in [4.78, 5) is 4.06. The average Bonchev–Trinajstić information content (AvgIpc) is 2.82. The summed E-state index contributed by atoms with van der Waals surface area (Å²) in [5.41, 5.74) is 2.98. The summed E-state index contributed by atoms with van der Waals surface area (Å²) in [7, 11) is 0. The number of hydrogen-bond donors (Lipinski definition) is 0. The van der Waals surface area contributed by atoms with Crippen LogP contribution in [0.3, 0.4) is 0 Å². The number of nitrogens with zero attached hydrogens (tertiary/aromatic N) is 4. The zero-order chi connectivity index (χ0) is 13.3. The molecule has 2 rings (SSSR count). The highest BCUT2D eigenvalue weighted by atomic mass is 35.5. The van der Waals surface area contributed by atoms with Crippen LogP contribution in [0, 0.1) is 18.3 Å². The molecule has 0 aliphatic rings. The number of rotatable bonds is 2. The van der Waals surface area contributed by atoms with E-state index in [1.54, 1.807) is 12.4 Å². The van der Waals surface area contributed by atoms with Gasteiger partial charge in [0.2, 0.25) is 0 Å². The van der Waals surface area contributed by atoms with Gasteiger partial charge in [-0.2, -0.15) is 10.4 Å². The van der Waals surface area contributed by atoms with Crippen molar-refractivity contribution >= 4 is 11.6 Å². The molecule has 18 heavy (non-hydrogen) atoms. The zero-order valence-corrected chi connectivity index (χ0v) is 11.2. The van der Waals surface area contributed by atoms with Crippen molar-refractivity contribution in [1.82, 2.24) is 14.8 Å². The lowest BCUT2D eigenvalue weighted by Gasteiger charge is -2.06. The maximum absolute atomic E-state index is 8.87. The zero-order valence-electron chi connectivity index (χ0n) is 10.5. The molecule has 2 heterocycles. The monoisotopic (exact) mass is 260 g/mol. The van der Waals surface area contributed by atoms with Gasteiger partial charge >= 0.3 is 0 Å². The molecule has 0 atom stereocenters. The van der Waals surface area contributed by atoms with Gasteiger partial charge in [-0.15, -0.1) is 0 Å². The number of hydrogen-bond acceptors (Lipinski definition) is 3. The van der Waals surface area contributed by atoms with Crippen molar-refractivity contribution in [2.75, 3.05) is 0 Å². The second-order valence-corrected chi connectivity index (χ2v) is 4.75. The molecule has 0 saturated heterocycles. The lowest BCUT2D eigenvalue weighted by atomic mass is 10.1. The third kappa shape index (κ3) is 2.09. The second kappa shape index (κ2) is 4.79. The summed E-state index contributed by atoms with van der Waals surface area (Å²) in [5.74, 6) is 0. The maximum Gasteiger partial charge on any atom is 0.159 e. The summed E-state index contributed by atoms with van der Waals surface area (Å²) in [6, 6.07) is 2.28. The first-order valence-corrected chi connectivity index (χ1v) is 6.02. The Hall–Kier alpha value is -1.86. The Morgan fingerprint density at radius 1 is 1.39 bits per heavy atom. The van der Waals surface area contributed by atoms with Crippen molar-refractivity contribution in [3.63, 3.8) is 0 Å². The summed E-state index contributed by atoms with van der Waals surface area (Å²) in [5, 5.41) is 13.6. The molecule has 4 nitrogen and oxygen atoms in total. The van der Waals surface area contributed by atoms with E-state index in [0.717, 1.165) is 16.7 Å². The van der Waals surface area contributed by atoms with Crippen LogP contribution in [0.5, 0.6) is 0 Å². The standard InChI is InChI=1S/C13H13ClN4/c1-8(2)18-7-10(5-17-18)11-6-16-12(4-15)13(14)9(11)3/h5-8H,1-3H3.